The Balaban J connectivity index is 2.57. The number of aldehydes is 1. The molecule has 0 aliphatic carbocycles. The van der Waals surface area contributed by atoms with Gasteiger partial charge in [-0.05, 0) is 6.42 Å². The maximum atomic E-state index is 10.1. The fraction of sp³-hybridized carbons (Fsp3) is 0.500. The van der Waals surface area contributed by atoms with E-state index in [1.54, 1.807) is 6.20 Å². The van der Waals surface area contributed by atoms with Crippen LogP contribution in [-0.4, -0.2) is 11.3 Å². The molecule has 3 nitrogen and oxygen atoms in total. The summed E-state index contributed by atoms with van der Waals surface area (Å²) in [6.45, 7) is 2.06. The zero-order chi connectivity index (χ0) is 8.10. The van der Waals surface area contributed by atoms with Crippen molar-refractivity contribution in [1.82, 2.24) is 4.98 Å². The molecule has 0 aliphatic rings. The normalized spacial score (nSPS) is 9.91. The maximum absolute atomic E-state index is 10.1. The molecule has 0 saturated carbocycles. The van der Waals surface area contributed by atoms with Crippen LogP contribution >= 0.6 is 0 Å². The quantitative estimate of drug-likeness (QED) is 0.613. The molecular formula is C8H11NO2. The molecule has 1 aromatic rings. The van der Waals surface area contributed by atoms with Gasteiger partial charge in [0.2, 0.25) is 0 Å². The van der Waals surface area contributed by atoms with Gasteiger partial charge in [0.15, 0.2) is 5.89 Å². The van der Waals surface area contributed by atoms with Crippen LogP contribution in [0.4, 0.5) is 0 Å². The number of carbonyl (C=O) groups excluding carboxylic acids is 1. The van der Waals surface area contributed by atoms with Crippen LogP contribution in [0, 0.1) is 0 Å². The Morgan fingerprint density at radius 1 is 1.73 bits per heavy atom. The van der Waals surface area contributed by atoms with Crippen LogP contribution in [0.3, 0.4) is 0 Å². The van der Waals surface area contributed by atoms with Crippen LogP contribution in [0.25, 0.3) is 0 Å². The summed E-state index contributed by atoms with van der Waals surface area (Å²) >= 11 is 0. The molecule has 0 radical (unpaired) electrons. The number of carbonyl (C=O) groups is 1. The third-order valence-electron chi connectivity index (χ3n) is 1.35. The fourth-order valence-electron chi connectivity index (χ4n) is 0.854. The lowest BCUT2D eigenvalue weighted by molar-refractivity contribution is -0.107. The second-order valence-electron chi connectivity index (χ2n) is 2.34. The van der Waals surface area contributed by atoms with Crippen molar-refractivity contribution in [1.29, 1.82) is 0 Å². The third kappa shape index (κ3) is 2.18. The largest absolute Gasteiger partial charge is 0.445 e. The highest BCUT2D eigenvalue weighted by atomic mass is 16.4. The molecular weight excluding hydrogens is 142 g/mol. The topological polar surface area (TPSA) is 43.1 Å². The van der Waals surface area contributed by atoms with Crippen molar-refractivity contribution >= 4 is 6.29 Å². The lowest BCUT2D eigenvalue weighted by atomic mass is 10.3. The number of oxazole rings is 1. The summed E-state index contributed by atoms with van der Waals surface area (Å²) in [5, 5.41) is 0. The second kappa shape index (κ2) is 3.91. The predicted octanol–water partition coefficient (Wildman–Crippen LogP) is 1.37. The summed E-state index contributed by atoms with van der Waals surface area (Å²) in [6.07, 6.45) is 4.62. The van der Waals surface area contributed by atoms with Gasteiger partial charge in [-0.2, -0.15) is 0 Å². The van der Waals surface area contributed by atoms with Crippen molar-refractivity contribution in [3.63, 3.8) is 0 Å². The first-order valence-electron chi connectivity index (χ1n) is 3.74. The van der Waals surface area contributed by atoms with Crippen LogP contribution in [0.5, 0.6) is 0 Å². The average Bonchev–Trinajstić information content (AvgIpc) is 2.38. The van der Waals surface area contributed by atoms with Crippen LogP contribution in [-0.2, 0) is 17.6 Å². The van der Waals surface area contributed by atoms with E-state index in [2.05, 4.69) is 11.9 Å². The minimum Gasteiger partial charge on any atom is -0.445 e. The standard InChI is InChI=1S/C8H11NO2/c1-2-3-8-9-6-7(11-8)4-5-10/h5-6H,2-4H2,1H3. The van der Waals surface area contributed by atoms with Crippen molar-refractivity contribution in [2.75, 3.05) is 0 Å². The number of hydrogen-bond acceptors (Lipinski definition) is 3. The Kier molecular flexibility index (Phi) is 2.83. The zero-order valence-corrected chi connectivity index (χ0v) is 6.54. The van der Waals surface area contributed by atoms with Gasteiger partial charge in [0, 0.05) is 6.42 Å². The second-order valence-corrected chi connectivity index (χ2v) is 2.34. The molecule has 1 aromatic heterocycles. The average molecular weight is 153 g/mol. The Hall–Kier alpha value is -1.12. The fourth-order valence-corrected chi connectivity index (χ4v) is 0.854. The molecule has 1 rings (SSSR count). The molecule has 3 heteroatoms. The van der Waals surface area contributed by atoms with Crippen LogP contribution in [0.15, 0.2) is 10.6 Å². The van der Waals surface area contributed by atoms with Crippen LogP contribution < -0.4 is 0 Å². The molecule has 0 fully saturated rings. The smallest absolute Gasteiger partial charge is 0.194 e. The zero-order valence-electron chi connectivity index (χ0n) is 6.54. The first-order valence-corrected chi connectivity index (χ1v) is 3.74. The lowest BCUT2D eigenvalue weighted by Crippen LogP contribution is -1.81. The van der Waals surface area contributed by atoms with E-state index >= 15 is 0 Å². The molecule has 0 unspecified atom stereocenters. The van der Waals surface area contributed by atoms with E-state index in [0.717, 1.165) is 25.0 Å². The van der Waals surface area contributed by atoms with Gasteiger partial charge < -0.3 is 9.21 Å². The summed E-state index contributed by atoms with van der Waals surface area (Å²) < 4.78 is 5.22. The molecule has 11 heavy (non-hydrogen) atoms. The van der Waals surface area contributed by atoms with Gasteiger partial charge in [0.25, 0.3) is 0 Å². The minimum atomic E-state index is 0.330. The molecule has 0 aromatic carbocycles. The molecule has 0 saturated heterocycles. The van der Waals surface area contributed by atoms with Crippen molar-refractivity contribution in [2.45, 2.75) is 26.2 Å². The molecule has 0 amide bonds. The third-order valence-corrected chi connectivity index (χ3v) is 1.35. The van der Waals surface area contributed by atoms with E-state index in [9.17, 15) is 4.79 Å². The Labute approximate surface area is 65.4 Å². The highest BCUT2D eigenvalue weighted by molar-refractivity contribution is 5.52. The van der Waals surface area contributed by atoms with Crippen molar-refractivity contribution in [3.8, 4) is 0 Å². The van der Waals surface area contributed by atoms with Crippen LogP contribution in [0.2, 0.25) is 0 Å². The highest BCUT2D eigenvalue weighted by Gasteiger charge is 2.00. The minimum absolute atomic E-state index is 0.330. The van der Waals surface area contributed by atoms with Gasteiger partial charge in [0.05, 0.1) is 12.6 Å². The Bertz CT molecular complexity index is 230. The number of hydrogen-bond donors (Lipinski definition) is 0. The summed E-state index contributed by atoms with van der Waals surface area (Å²) in [7, 11) is 0. The van der Waals surface area contributed by atoms with Gasteiger partial charge in [-0.25, -0.2) is 4.98 Å². The predicted molar refractivity (Wildman–Crippen MR) is 40.3 cm³/mol. The van der Waals surface area contributed by atoms with E-state index in [1.165, 1.54) is 0 Å². The van der Waals surface area contributed by atoms with E-state index in [1.807, 2.05) is 0 Å². The molecule has 0 atom stereocenters. The van der Waals surface area contributed by atoms with Gasteiger partial charge in [-0.3, -0.25) is 0 Å². The van der Waals surface area contributed by atoms with Gasteiger partial charge >= 0.3 is 0 Å². The highest BCUT2D eigenvalue weighted by Crippen LogP contribution is 2.05. The summed E-state index contributed by atoms with van der Waals surface area (Å²) in [5.41, 5.74) is 0. The van der Waals surface area contributed by atoms with Crippen molar-refractivity contribution < 1.29 is 9.21 Å². The summed E-state index contributed by atoms with van der Waals surface area (Å²) in [4.78, 5) is 14.1. The van der Waals surface area contributed by atoms with Gasteiger partial charge in [0.1, 0.15) is 12.0 Å². The van der Waals surface area contributed by atoms with E-state index in [-0.39, 0.29) is 0 Å². The Morgan fingerprint density at radius 2 is 2.55 bits per heavy atom. The molecule has 1 heterocycles. The molecule has 0 N–H and O–H groups in total. The number of aryl methyl sites for hydroxylation is 1. The van der Waals surface area contributed by atoms with Gasteiger partial charge in [-0.15, -0.1) is 0 Å². The summed E-state index contributed by atoms with van der Waals surface area (Å²) in [5.74, 6) is 1.38. The SMILES string of the molecule is CCCc1ncc(CC=O)o1. The number of rotatable bonds is 4. The van der Waals surface area contributed by atoms with Crippen molar-refractivity contribution in [3.05, 3.63) is 17.8 Å². The number of aromatic nitrogens is 1. The van der Waals surface area contributed by atoms with Gasteiger partial charge in [-0.1, -0.05) is 6.92 Å². The van der Waals surface area contributed by atoms with E-state index in [0.29, 0.717) is 12.2 Å². The first kappa shape index (κ1) is 7.98. The molecule has 0 bridgehead atoms. The monoisotopic (exact) mass is 153 g/mol. The van der Waals surface area contributed by atoms with E-state index in [4.69, 9.17) is 4.42 Å². The van der Waals surface area contributed by atoms with Crippen LogP contribution in [0.1, 0.15) is 25.0 Å². The Morgan fingerprint density at radius 3 is 3.18 bits per heavy atom. The lowest BCUT2D eigenvalue weighted by Gasteiger charge is -1.87. The van der Waals surface area contributed by atoms with Crippen molar-refractivity contribution in [2.24, 2.45) is 0 Å². The first-order chi connectivity index (χ1) is 5.36. The molecule has 0 spiro atoms. The number of nitrogens with zero attached hydrogens (tertiary/aromatic N) is 1. The molecule has 60 valence electrons. The van der Waals surface area contributed by atoms with E-state index < -0.39 is 0 Å². The molecule has 0 aliphatic heterocycles. The maximum Gasteiger partial charge on any atom is 0.194 e. The summed E-state index contributed by atoms with van der Waals surface area (Å²) in [6, 6.07) is 0.